The number of carbonyl (C=O) groups excluding carboxylic acids is 1. The fourth-order valence-electron chi connectivity index (χ4n) is 3.21. The number of nitrogens with two attached hydrogens (primary N) is 1. The number of aromatic nitrogens is 1. The van der Waals surface area contributed by atoms with Gasteiger partial charge in [0.25, 0.3) is 5.91 Å². The highest BCUT2D eigenvalue weighted by atomic mass is 16.5. The number of likely N-dealkylation sites (N-methyl/N-ethyl adjacent to an activating group) is 1. The summed E-state index contributed by atoms with van der Waals surface area (Å²) in [5, 5.41) is 7.58. The van der Waals surface area contributed by atoms with Crippen LogP contribution in [-0.2, 0) is 0 Å². The van der Waals surface area contributed by atoms with Gasteiger partial charge in [0.05, 0.1) is 31.3 Å². The van der Waals surface area contributed by atoms with E-state index < -0.39 is 5.91 Å². The molecule has 0 aliphatic carbocycles. The normalized spacial score (nSPS) is 11.8. The minimum absolute atomic E-state index is 0.0485. The summed E-state index contributed by atoms with van der Waals surface area (Å²) in [6.45, 7) is 0.675. The molecular weight excluding hydrogens is 356 g/mol. The maximum absolute atomic E-state index is 11.7. The van der Waals surface area contributed by atoms with E-state index in [2.05, 4.69) is 15.6 Å². The van der Waals surface area contributed by atoms with Gasteiger partial charge >= 0.3 is 0 Å². The molecule has 7 nitrogen and oxygen atoms in total. The molecule has 0 unspecified atom stereocenters. The van der Waals surface area contributed by atoms with E-state index in [0.717, 1.165) is 16.6 Å². The molecule has 0 aliphatic rings. The van der Waals surface area contributed by atoms with E-state index in [9.17, 15) is 4.79 Å². The van der Waals surface area contributed by atoms with Gasteiger partial charge in [-0.3, -0.25) is 9.78 Å². The van der Waals surface area contributed by atoms with Crippen molar-refractivity contribution in [3.63, 3.8) is 0 Å². The van der Waals surface area contributed by atoms with E-state index in [4.69, 9.17) is 15.2 Å². The van der Waals surface area contributed by atoms with Crippen molar-refractivity contribution in [3.05, 3.63) is 59.8 Å². The minimum Gasteiger partial charge on any atom is -0.493 e. The lowest BCUT2D eigenvalue weighted by molar-refractivity contribution is 0.100. The quantitative estimate of drug-likeness (QED) is 0.556. The Hall–Kier alpha value is -3.32. The number of nitrogens with one attached hydrogen (secondary N) is 2. The van der Waals surface area contributed by atoms with Crippen molar-refractivity contribution < 1.29 is 14.3 Å². The van der Waals surface area contributed by atoms with Crippen molar-refractivity contribution >= 4 is 22.5 Å². The third kappa shape index (κ3) is 3.84. The molecule has 28 heavy (non-hydrogen) atoms. The average Bonchev–Trinajstić information content (AvgIpc) is 2.72. The van der Waals surface area contributed by atoms with E-state index in [1.807, 2.05) is 37.4 Å². The van der Waals surface area contributed by atoms with Crippen molar-refractivity contribution in [2.75, 3.05) is 33.1 Å². The van der Waals surface area contributed by atoms with Crippen LogP contribution in [-0.4, -0.2) is 38.7 Å². The summed E-state index contributed by atoms with van der Waals surface area (Å²) in [7, 11) is 5.12. The second-order valence-electron chi connectivity index (χ2n) is 6.29. The smallest absolute Gasteiger partial charge is 0.250 e. The van der Waals surface area contributed by atoms with E-state index >= 15 is 0 Å². The van der Waals surface area contributed by atoms with Crippen LogP contribution in [0.5, 0.6) is 11.5 Å². The Labute approximate surface area is 163 Å². The lowest BCUT2D eigenvalue weighted by atomic mass is 10.0. The zero-order valence-corrected chi connectivity index (χ0v) is 16.2. The molecule has 0 fully saturated rings. The largest absolute Gasteiger partial charge is 0.493 e. The van der Waals surface area contributed by atoms with Gasteiger partial charge in [0.2, 0.25) is 0 Å². The van der Waals surface area contributed by atoms with E-state index in [1.165, 1.54) is 0 Å². The number of para-hydroxylation sites is 1. The first-order valence-electron chi connectivity index (χ1n) is 8.89. The standard InChI is InChI=1S/C21H24N4O3/c1-23-12-17(13-7-8-18(27-2)19(11-13)28-3)25-16-9-10-24-20-14(16)5-4-6-15(20)21(22)26/h4-11,17,23H,12H2,1-3H3,(H2,22,26)(H,24,25)/t17-/m1/s1. The number of hydrogen-bond acceptors (Lipinski definition) is 6. The summed E-state index contributed by atoms with van der Waals surface area (Å²) in [4.78, 5) is 16.1. The molecule has 0 saturated carbocycles. The number of nitrogens with zero attached hydrogens (tertiary/aromatic N) is 1. The highest BCUT2D eigenvalue weighted by molar-refractivity contribution is 6.07. The molecule has 0 aliphatic heterocycles. The Bertz CT molecular complexity index is 991. The number of benzene rings is 2. The molecule has 1 heterocycles. The highest BCUT2D eigenvalue weighted by Crippen LogP contribution is 2.32. The fourth-order valence-corrected chi connectivity index (χ4v) is 3.21. The van der Waals surface area contributed by atoms with Crippen LogP contribution in [0.15, 0.2) is 48.7 Å². The lowest BCUT2D eigenvalue weighted by Gasteiger charge is -2.22. The van der Waals surface area contributed by atoms with Crippen LogP contribution in [0.4, 0.5) is 5.69 Å². The molecule has 1 amide bonds. The molecule has 3 rings (SSSR count). The Morgan fingerprint density at radius 2 is 1.93 bits per heavy atom. The Morgan fingerprint density at radius 1 is 1.14 bits per heavy atom. The third-order valence-electron chi connectivity index (χ3n) is 4.58. The summed E-state index contributed by atoms with van der Waals surface area (Å²) < 4.78 is 10.8. The van der Waals surface area contributed by atoms with Gasteiger partial charge in [-0.25, -0.2) is 0 Å². The van der Waals surface area contributed by atoms with E-state index in [-0.39, 0.29) is 6.04 Å². The van der Waals surface area contributed by atoms with Crippen molar-refractivity contribution in [2.24, 2.45) is 5.73 Å². The van der Waals surface area contributed by atoms with Gasteiger partial charge < -0.3 is 25.8 Å². The van der Waals surface area contributed by atoms with Gasteiger partial charge in [-0.1, -0.05) is 18.2 Å². The SMILES string of the molecule is CNC[C@@H](Nc1ccnc2c(C(N)=O)cccc12)c1ccc(OC)c(OC)c1. The van der Waals surface area contributed by atoms with E-state index in [1.54, 1.807) is 32.5 Å². The van der Waals surface area contributed by atoms with Crippen LogP contribution >= 0.6 is 0 Å². The molecule has 7 heteroatoms. The Kier molecular flexibility index (Phi) is 5.96. The summed E-state index contributed by atoms with van der Waals surface area (Å²) in [5.41, 5.74) is 8.37. The van der Waals surface area contributed by atoms with Gasteiger partial charge in [0.15, 0.2) is 11.5 Å². The van der Waals surface area contributed by atoms with Crippen molar-refractivity contribution in [2.45, 2.75) is 6.04 Å². The number of hydrogen-bond donors (Lipinski definition) is 3. The minimum atomic E-state index is -0.498. The molecule has 1 aromatic heterocycles. The van der Waals surface area contributed by atoms with Crippen molar-refractivity contribution in [1.82, 2.24) is 10.3 Å². The van der Waals surface area contributed by atoms with Crippen LogP contribution in [0.1, 0.15) is 22.0 Å². The molecule has 3 aromatic rings. The number of ether oxygens (including phenoxy) is 2. The highest BCUT2D eigenvalue weighted by Gasteiger charge is 2.16. The predicted molar refractivity (Wildman–Crippen MR) is 110 cm³/mol. The summed E-state index contributed by atoms with van der Waals surface area (Å²) in [6.07, 6.45) is 1.67. The van der Waals surface area contributed by atoms with E-state index in [0.29, 0.717) is 29.1 Å². The lowest BCUT2D eigenvalue weighted by Crippen LogP contribution is -2.24. The van der Waals surface area contributed by atoms with Crippen molar-refractivity contribution in [3.8, 4) is 11.5 Å². The molecule has 1 atom stereocenters. The zero-order chi connectivity index (χ0) is 20.1. The number of carbonyl (C=O) groups is 1. The molecular formula is C21H24N4O3. The van der Waals surface area contributed by atoms with Crippen LogP contribution < -0.4 is 25.8 Å². The monoisotopic (exact) mass is 380 g/mol. The maximum atomic E-state index is 11.7. The molecule has 0 bridgehead atoms. The fraction of sp³-hybridized carbons (Fsp3) is 0.238. The molecule has 0 saturated heterocycles. The number of rotatable bonds is 8. The molecule has 2 aromatic carbocycles. The van der Waals surface area contributed by atoms with Crippen LogP contribution in [0.25, 0.3) is 10.9 Å². The van der Waals surface area contributed by atoms with Gasteiger partial charge in [-0.15, -0.1) is 0 Å². The van der Waals surface area contributed by atoms with Gasteiger partial charge in [-0.2, -0.15) is 0 Å². The second-order valence-corrected chi connectivity index (χ2v) is 6.29. The number of methoxy groups -OCH3 is 2. The number of fused-ring (bicyclic) bond motifs is 1. The first-order valence-corrected chi connectivity index (χ1v) is 8.89. The number of pyridine rings is 1. The number of anilines is 1. The topological polar surface area (TPSA) is 98.5 Å². The van der Waals surface area contributed by atoms with Gasteiger partial charge in [-0.05, 0) is 36.9 Å². The number of primary amides is 1. The Balaban J connectivity index is 2.02. The second kappa shape index (κ2) is 8.58. The van der Waals surface area contributed by atoms with Crippen LogP contribution in [0, 0.1) is 0 Å². The molecule has 0 spiro atoms. The van der Waals surface area contributed by atoms with Gasteiger partial charge in [0.1, 0.15) is 0 Å². The predicted octanol–water partition coefficient (Wildman–Crippen LogP) is 2.72. The Morgan fingerprint density at radius 3 is 2.61 bits per heavy atom. The maximum Gasteiger partial charge on any atom is 0.250 e. The number of amides is 1. The summed E-state index contributed by atoms with van der Waals surface area (Å²) in [5.74, 6) is 0.843. The summed E-state index contributed by atoms with van der Waals surface area (Å²) in [6, 6.07) is 13.1. The van der Waals surface area contributed by atoms with Crippen molar-refractivity contribution in [1.29, 1.82) is 0 Å². The third-order valence-corrected chi connectivity index (χ3v) is 4.58. The first-order chi connectivity index (χ1) is 13.6. The molecule has 4 N–H and O–H groups in total. The molecule has 0 radical (unpaired) electrons. The molecule has 146 valence electrons. The van der Waals surface area contributed by atoms with Gasteiger partial charge in [0, 0.05) is 23.8 Å². The zero-order valence-electron chi connectivity index (χ0n) is 16.2. The average molecular weight is 380 g/mol. The van der Waals surface area contributed by atoms with Crippen LogP contribution in [0.2, 0.25) is 0 Å². The first kappa shape index (κ1) is 19.4. The van der Waals surface area contributed by atoms with Crippen LogP contribution in [0.3, 0.4) is 0 Å². The summed E-state index contributed by atoms with van der Waals surface area (Å²) >= 11 is 0.